The van der Waals surface area contributed by atoms with Crippen molar-refractivity contribution >= 4 is 11.7 Å². The minimum absolute atomic E-state index is 0.158. The van der Waals surface area contributed by atoms with Gasteiger partial charge in [-0.15, -0.1) is 0 Å². The number of nitrogens with zero attached hydrogens (tertiary/aromatic N) is 1. The summed E-state index contributed by atoms with van der Waals surface area (Å²) in [5.74, 6) is 1.50. The molecule has 0 radical (unpaired) electrons. The Balaban J connectivity index is 1.52. The van der Waals surface area contributed by atoms with E-state index in [0.29, 0.717) is 19.6 Å². The van der Waals surface area contributed by atoms with Gasteiger partial charge in [-0.1, -0.05) is 73.1 Å². The molecule has 6 nitrogen and oxygen atoms in total. The summed E-state index contributed by atoms with van der Waals surface area (Å²) in [4.78, 5) is 16.7. The Morgan fingerprint density at radius 2 is 1.51 bits per heavy atom. The summed E-state index contributed by atoms with van der Waals surface area (Å²) in [5, 5.41) is 4.08. The molecule has 0 bridgehead atoms. The van der Waals surface area contributed by atoms with E-state index in [1.165, 1.54) is 14.2 Å². The fourth-order valence-electron chi connectivity index (χ4n) is 3.76. The van der Waals surface area contributed by atoms with Crippen LogP contribution in [0.2, 0.25) is 0 Å². The third-order valence-corrected chi connectivity index (χ3v) is 5.64. The monoisotopic (exact) mass is 475 g/mol. The Hall–Kier alpha value is -3.80. The molecule has 0 aliphatic rings. The van der Waals surface area contributed by atoms with Gasteiger partial charge in [0.15, 0.2) is 0 Å². The van der Waals surface area contributed by atoms with Gasteiger partial charge < -0.3 is 19.0 Å². The predicted octanol–water partition coefficient (Wildman–Crippen LogP) is 6.14. The molecule has 0 saturated carbocycles. The molecular formula is C29H33NO5. The molecule has 0 spiro atoms. The number of hydrogen-bond donors (Lipinski definition) is 0. The molecular weight excluding hydrogens is 442 g/mol. The molecule has 0 aliphatic carbocycles. The lowest BCUT2D eigenvalue weighted by atomic mass is 9.91. The Morgan fingerprint density at radius 3 is 2.14 bits per heavy atom. The Morgan fingerprint density at radius 1 is 0.857 bits per heavy atom. The standard InChI is InChI=1S/C29H33NO5/c1-4-8-25(19-29(31)32-2)23-13-17-27(18-14-23)34-20-22-11-15-26(16-12-22)35-21-28(30-33-3)24-9-6-5-7-10-24/h5-7,9-18,25H,4,8,19-21H2,1-3H3. The molecule has 35 heavy (non-hydrogen) atoms. The zero-order valence-corrected chi connectivity index (χ0v) is 20.6. The molecule has 3 aromatic rings. The van der Waals surface area contributed by atoms with Gasteiger partial charge in [-0.25, -0.2) is 0 Å². The molecule has 0 fully saturated rings. The van der Waals surface area contributed by atoms with Crippen LogP contribution in [0, 0.1) is 0 Å². The van der Waals surface area contributed by atoms with Crippen LogP contribution in [0.25, 0.3) is 0 Å². The molecule has 6 heteroatoms. The summed E-state index contributed by atoms with van der Waals surface area (Å²) in [6.45, 7) is 2.86. The predicted molar refractivity (Wildman–Crippen MR) is 137 cm³/mol. The second kappa shape index (κ2) is 13.8. The van der Waals surface area contributed by atoms with Gasteiger partial charge in [-0.2, -0.15) is 0 Å². The molecule has 0 saturated heterocycles. The number of ether oxygens (including phenoxy) is 3. The van der Waals surface area contributed by atoms with Crippen molar-refractivity contribution < 1.29 is 23.8 Å². The lowest BCUT2D eigenvalue weighted by Crippen LogP contribution is -2.13. The summed E-state index contributed by atoms with van der Waals surface area (Å²) < 4.78 is 16.7. The maximum Gasteiger partial charge on any atom is 0.306 e. The highest BCUT2D eigenvalue weighted by Crippen LogP contribution is 2.27. The van der Waals surface area contributed by atoms with Crippen LogP contribution in [-0.4, -0.2) is 32.5 Å². The summed E-state index contributed by atoms with van der Waals surface area (Å²) in [5.41, 5.74) is 3.83. The largest absolute Gasteiger partial charge is 0.489 e. The van der Waals surface area contributed by atoms with Crippen molar-refractivity contribution in [2.75, 3.05) is 20.8 Å². The average Bonchev–Trinajstić information content (AvgIpc) is 2.91. The lowest BCUT2D eigenvalue weighted by molar-refractivity contribution is -0.141. The molecule has 184 valence electrons. The average molecular weight is 476 g/mol. The molecule has 0 heterocycles. The number of rotatable bonds is 13. The molecule has 0 aromatic heterocycles. The Bertz CT molecular complexity index is 1060. The van der Waals surface area contributed by atoms with Gasteiger partial charge in [0.1, 0.15) is 37.5 Å². The first-order valence-corrected chi connectivity index (χ1v) is 11.8. The summed E-state index contributed by atoms with van der Waals surface area (Å²) in [6.07, 6.45) is 2.34. The number of carbonyl (C=O) groups is 1. The first-order chi connectivity index (χ1) is 17.1. The van der Waals surface area contributed by atoms with E-state index in [4.69, 9.17) is 19.0 Å². The van der Waals surface area contributed by atoms with Crippen LogP contribution in [0.5, 0.6) is 11.5 Å². The van der Waals surface area contributed by atoms with E-state index in [1.54, 1.807) is 0 Å². The molecule has 0 N–H and O–H groups in total. The SMILES string of the molecule is CCCC(CC(=O)OC)c1ccc(OCc2ccc(OCC(=NOC)c3ccccc3)cc2)cc1. The summed E-state index contributed by atoms with van der Waals surface area (Å²) in [6, 6.07) is 25.6. The number of benzene rings is 3. The van der Waals surface area contributed by atoms with Crippen LogP contribution in [-0.2, 0) is 21.0 Å². The molecule has 0 aliphatic heterocycles. The highest BCUT2D eigenvalue weighted by molar-refractivity contribution is 6.01. The van der Waals surface area contributed by atoms with E-state index < -0.39 is 0 Å². The summed E-state index contributed by atoms with van der Waals surface area (Å²) in [7, 11) is 2.95. The maximum absolute atomic E-state index is 11.7. The van der Waals surface area contributed by atoms with Crippen molar-refractivity contribution in [2.24, 2.45) is 5.16 Å². The molecule has 1 unspecified atom stereocenters. The normalized spacial score (nSPS) is 12.0. The molecule has 3 aromatic carbocycles. The van der Waals surface area contributed by atoms with E-state index in [9.17, 15) is 4.79 Å². The van der Waals surface area contributed by atoms with Gasteiger partial charge >= 0.3 is 5.97 Å². The van der Waals surface area contributed by atoms with Gasteiger partial charge in [0, 0.05) is 5.56 Å². The van der Waals surface area contributed by atoms with Crippen molar-refractivity contribution in [1.82, 2.24) is 0 Å². The van der Waals surface area contributed by atoms with Gasteiger partial charge in [-0.05, 0) is 47.7 Å². The van der Waals surface area contributed by atoms with E-state index in [-0.39, 0.29) is 11.9 Å². The second-order valence-electron chi connectivity index (χ2n) is 8.14. The van der Waals surface area contributed by atoms with Gasteiger partial charge in [0.05, 0.1) is 13.5 Å². The number of carbonyl (C=O) groups excluding carboxylic acids is 1. The van der Waals surface area contributed by atoms with Crippen LogP contribution < -0.4 is 9.47 Å². The number of oxime groups is 1. The first kappa shape index (κ1) is 25.8. The summed E-state index contributed by atoms with van der Waals surface area (Å²) >= 11 is 0. The highest BCUT2D eigenvalue weighted by atomic mass is 16.6. The van der Waals surface area contributed by atoms with Crippen molar-refractivity contribution in [3.63, 3.8) is 0 Å². The van der Waals surface area contributed by atoms with Crippen LogP contribution >= 0.6 is 0 Å². The minimum atomic E-state index is -0.182. The van der Waals surface area contributed by atoms with E-state index in [0.717, 1.165) is 46.7 Å². The third-order valence-electron chi connectivity index (χ3n) is 5.64. The minimum Gasteiger partial charge on any atom is -0.489 e. The van der Waals surface area contributed by atoms with Crippen LogP contribution in [0.3, 0.4) is 0 Å². The van der Waals surface area contributed by atoms with E-state index in [1.807, 2.05) is 78.9 Å². The van der Waals surface area contributed by atoms with Crippen molar-refractivity contribution in [3.8, 4) is 11.5 Å². The quantitative estimate of drug-likeness (QED) is 0.169. The zero-order chi connectivity index (χ0) is 24.9. The van der Waals surface area contributed by atoms with Crippen molar-refractivity contribution in [1.29, 1.82) is 0 Å². The van der Waals surface area contributed by atoms with Crippen molar-refractivity contribution in [3.05, 3.63) is 95.6 Å². The van der Waals surface area contributed by atoms with Crippen LogP contribution in [0.4, 0.5) is 0 Å². The van der Waals surface area contributed by atoms with Crippen molar-refractivity contribution in [2.45, 2.75) is 38.7 Å². The maximum atomic E-state index is 11.7. The molecule has 0 amide bonds. The fraction of sp³-hybridized carbons (Fsp3) is 0.310. The zero-order valence-electron chi connectivity index (χ0n) is 20.6. The number of hydrogen-bond acceptors (Lipinski definition) is 6. The fourth-order valence-corrected chi connectivity index (χ4v) is 3.76. The molecule has 3 rings (SSSR count). The second-order valence-corrected chi connectivity index (χ2v) is 8.14. The lowest BCUT2D eigenvalue weighted by Gasteiger charge is -2.16. The Kier molecular flexibility index (Phi) is 10.2. The van der Waals surface area contributed by atoms with Crippen LogP contribution in [0.15, 0.2) is 84.0 Å². The smallest absolute Gasteiger partial charge is 0.306 e. The van der Waals surface area contributed by atoms with Gasteiger partial charge in [-0.3, -0.25) is 4.79 Å². The molecule has 1 atom stereocenters. The number of methoxy groups -OCH3 is 1. The third kappa shape index (κ3) is 8.18. The van der Waals surface area contributed by atoms with E-state index in [2.05, 4.69) is 12.1 Å². The van der Waals surface area contributed by atoms with Crippen LogP contribution in [0.1, 0.15) is 48.8 Å². The van der Waals surface area contributed by atoms with Gasteiger partial charge in [0.2, 0.25) is 0 Å². The number of esters is 1. The highest BCUT2D eigenvalue weighted by Gasteiger charge is 2.16. The topological polar surface area (TPSA) is 66.4 Å². The van der Waals surface area contributed by atoms with E-state index >= 15 is 0 Å². The Labute approximate surface area is 207 Å². The first-order valence-electron chi connectivity index (χ1n) is 11.8. The van der Waals surface area contributed by atoms with Gasteiger partial charge in [0.25, 0.3) is 0 Å².